The molecule has 2 aromatic heterocycles. The van der Waals surface area contributed by atoms with E-state index in [1.165, 1.54) is 10.7 Å². The van der Waals surface area contributed by atoms with Crippen molar-refractivity contribution in [3.05, 3.63) is 63.7 Å². The van der Waals surface area contributed by atoms with Crippen LogP contribution in [-0.2, 0) is 11.3 Å². The molecule has 136 valence electrons. The Hall–Kier alpha value is -2.19. The molecule has 2 heterocycles. The molecule has 0 aliphatic carbocycles. The van der Waals surface area contributed by atoms with E-state index in [9.17, 15) is 9.18 Å². The molecule has 0 aliphatic heterocycles. The van der Waals surface area contributed by atoms with Crippen molar-refractivity contribution in [2.45, 2.75) is 25.9 Å². The SMILES string of the molecule is CCC(C(=O)Nc1nn(Cc2ccccc2F)cc1Cl)n1cc(Br)cn1. The van der Waals surface area contributed by atoms with Crippen LogP contribution in [0.2, 0.25) is 5.02 Å². The van der Waals surface area contributed by atoms with Crippen LogP contribution >= 0.6 is 27.5 Å². The van der Waals surface area contributed by atoms with Crippen LogP contribution in [0.4, 0.5) is 10.2 Å². The Morgan fingerprint density at radius 2 is 2.15 bits per heavy atom. The molecule has 1 aromatic carbocycles. The van der Waals surface area contributed by atoms with Gasteiger partial charge in [0, 0.05) is 18.0 Å². The number of halogens is 3. The highest BCUT2D eigenvalue weighted by atomic mass is 79.9. The smallest absolute Gasteiger partial charge is 0.250 e. The minimum Gasteiger partial charge on any atom is -0.306 e. The third kappa shape index (κ3) is 4.13. The molecule has 3 aromatic rings. The van der Waals surface area contributed by atoms with Crippen molar-refractivity contribution in [2.24, 2.45) is 0 Å². The first kappa shape index (κ1) is 18.6. The number of carbonyl (C=O) groups excluding carboxylic acids is 1. The Morgan fingerprint density at radius 1 is 1.38 bits per heavy atom. The Labute approximate surface area is 163 Å². The van der Waals surface area contributed by atoms with Gasteiger partial charge in [-0.05, 0) is 28.4 Å². The number of anilines is 1. The number of aromatic nitrogens is 4. The summed E-state index contributed by atoms with van der Waals surface area (Å²) in [4.78, 5) is 12.6. The van der Waals surface area contributed by atoms with E-state index in [4.69, 9.17) is 11.6 Å². The summed E-state index contributed by atoms with van der Waals surface area (Å²) in [5.41, 5.74) is 0.484. The predicted octanol–water partition coefficient (Wildman–Crippen LogP) is 4.27. The van der Waals surface area contributed by atoms with E-state index in [1.807, 2.05) is 6.92 Å². The van der Waals surface area contributed by atoms with Gasteiger partial charge in [0.2, 0.25) is 5.91 Å². The van der Waals surface area contributed by atoms with Crippen molar-refractivity contribution in [2.75, 3.05) is 5.32 Å². The van der Waals surface area contributed by atoms with Gasteiger partial charge in [-0.25, -0.2) is 4.39 Å². The van der Waals surface area contributed by atoms with Crippen molar-refractivity contribution in [1.29, 1.82) is 0 Å². The van der Waals surface area contributed by atoms with Gasteiger partial charge in [0.25, 0.3) is 0 Å². The minimum atomic E-state index is -0.492. The highest BCUT2D eigenvalue weighted by Gasteiger charge is 2.21. The zero-order chi connectivity index (χ0) is 18.7. The summed E-state index contributed by atoms with van der Waals surface area (Å²) in [6, 6.07) is 5.94. The normalized spacial score (nSPS) is 12.2. The van der Waals surface area contributed by atoms with Crippen molar-refractivity contribution in [1.82, 2.24) is 19.6 Å². The van der Waals surface area contributed by atoms with Gasteiger partial charge in [-0.2, -0.15) is 10.2 Å². The topological polar surface area (TPSA) is 64.7 Å². The van der Waals surface area contributed by atoms with Crippen molar-refractivity contribution in [3.8, 4) is 0 Å². The largest absolute Gasteiger partial charge is 0.306 e. The van der Waals surface area contributed by atoms with E-state index in [2.05, 4.69) is 31.4 Å². The molecule has 1 amide bonds. The lowest BCUT2D eigenvalue weighted by atomic mass is 10.2. The standard InChI is InChI=1S/C17H16BrClFN5O/c1-2-15(25-9-12(18)7-21-25)17(26)22-16-13(19)10-24(23-16)8-11-5-3-4-6-14(11)20/h3-7,9-10,15H,2,8H2,1H3,(H,22,23,26). The molecule has 0 bridgehead atoms. The first-order valence-corrected chi connectivity index (χ1v) is 9.12. The maximum Gasteiger partial charge on any atom is 0.250 e. The fourth-order valence-corrected chi connectivity index (χ4v) is 3.04. The molecule has 0 aliphatic rings. The second kappa shape index (κ2) is 8.01. The molecule has 1 atom stereocenters. The molecule has 0 saturated heterocycles. The molecular weight excluding hydrogens is 425 g/mol. The molecule has 6 nitrogen and oxygen atoms in total. The van der Waals surface area contributed by atoms with Crippen LogP contribution in [0.3, 0.4) is 0 Å². The Kier molecular flexibility index (Phi) is 5.73. The number of nitrogens with zero attached hydrogens (tertiary/aromatic N) is 4. The summed E-state index contributed by atoms with van der Waals surface area (Å²) in [7, 11) is 0. The summed E-state index contributed by atoms with van der Waals surface area (Å²) < 4.78 is 17.6. The molecular formula is C17H16BrClFN5O. The quantitative estimate of drug-likeness (QED) is 0.622. The number of carbonyl (C=O) groups is 1. The van der Waals surface area contributed by atoms with Crippen LogP contribution in [0.25, 0.3) is 0 Å². The second-order valence-electron chi connectivity index (χ2n) is 5.67. The predicted molar refractivity (Wildman–Crippen MR) is 101 cm³/mol. The summed E-state index contributed by atoms with van der Waals surface area (Å²) in [6.45, 7) is 2.10. The van der Waals surface area contributed by atoms with Gasteiger partial charge in [0.15, 0.2) is 5.82 Å². The highest BCUT2D eigenvalue weighted by molar-refractivity contribution is 9.10. The summed E-state index contributed by atoms with van der Waals surface area (Å²) in [5, 5.41) is 11.4. The fraction of sp³-hybridized carbons (Fsp3) is 0.235. The third-order valence-electron chi connectivity index (χ3n) is 3.83. The summed E-state index contributed by atoms with van der Waals surface area (Å²) >= 11 is 9.49. The van der Waals surface area contributed by atoms with E-state index >= 15 is 0 Å². The molecule has 0 fully saturated rings. The Bertz CT molecular complexity index is 926. The lowest BCUT2D eigenvalue weighted by Gasteiger charge is -2.14. The molecule has 1 unspecified atom stereocenters. The number of rotatable bonds is 6. The zero-order valence-electron chi connectivity index (χ0n) is 13.9. The Balaban J connectivity index is 1.74. The van der Waals surface area contributed by atoms with E-state index in [0.717, 1.165) is 4.47 Å². The number of hydrogen-bond acceptors (Lipinski definition) is 3. The number of hydrogen-bond donors (Lipinski definition) is 1. The molecule has 3 rings (SSSR count). The van der Waals surface area contributed by atoms with Gasteiger partial charge in [0.05, 0.1) is 17.2 Å². The third-order valence-corrected chi connectivity index (χ3v) is 4.51. The average Bonchev–Trinajstić information content (AvgIpc) is 3.17. The van der Waals surface area contributed by atoms with E-state index in [1.54, 1.807) is 41.5 Å². The number of benzene rings is 1. The van der Waals surface area contributed by atoms with Crippen LogP contribution in [0.1, 0.15) is 24.9 Å². The second-order valence-corrected chi connectivity index (χ2v) is 6.99. The van der Waals surface area contributed by atoms with Crippen molar-refractivity contribution in [3.63, 3.8) is 0 Å². The monoisotopic (exact) mass is 439 g/mol. The van der Waals surface area contributed by atoms with Crippen LogP contribution in [-0.4, -0.2) is 25.5 Å². The van der Waals surface area contributed by atoms with Crippen LogP contribution in [0.15, 0.2) is 47.3 Å². The van der Waals surface area contributed by atoms with Gasteiger partial charge >= 0.3 is 0 Å². The lowest BCUT2D eigenvalue weighted by molar-refractivity contribution is -0.119. The minimum absolute atomic E-state index is 0.214. The maximum absolute atomic E-state index is 13.8. The summed E-state index contributed by atoms with van der Waals surface area (Å²) in [5.74, 6) is -0.362. The van der Waals surface area contributed by atoms with Gasteiger partial charge in [-0.1, -0.05) is 36.7 Å². The van der Waals surface area contributed by atoms with Crippen LogP contribution in [0, 0.1) is 5.82 Å². The molecule has 0 radical (unpaired) electrons. The number of amides is 1. The molecule has 9 heteroatoms. The average molecular weight is 441 g/mol. The van der Waals surface area contributed by atoms with Crippen molar-refractivity contribution < 1.29 is 9.18 Å². The molecule has 0 spiro atoms. The first-order chi connectivity index (χ1) is 12.5. The van der Waals surface area contributed by atoms with E-state index in [-0.39, 0.29) is 29.1 Å². The molecule has 1 N–H and O–H groups in total. The molecule has 26 heavy (non-hydrogen) atoms. The Morgan fingerprint density at radius 3 is 2.81 bits per heavy atom. The van der Waals surface area contributed by atoms with Gasteiger partial charge < -0.3 is 5.32 Å². The number of nitrogens with one attached hydrogen (secondary N) is 1. The first-order valence-electron chi connectivity index (χ1n) is 7.94. The van der Waals surface area contributed by atoms with Crippen molar-refractivity contribution >= 4 is 39.3 Å². The summed E-state index contributed by atoms with van der Waals surface area (Å²) in [6.07, 6.45) is 5.45. The van der Waals surface area contributed by atoms with Gasteiger partial charge in [-0.15, -0.1) is 0 Å². The lowest BCUT2D eigenvalue weighted by Crippen LogP contribution is -2.26. The zero-order valence-corrected chi connectivity index (χ0v) is 16.2. The van der Waals surface area contributed by atoms with Crippen LogP contribution < -0.4 is 5.32 Å². The van der Waals surface area contributed by atoms with E-state index < -0.39 is 6.04 Å². The van der Waals surface area contributed by atoms with Gasteiger partial charge in [0.1, 0.15) is 16.9 Å². The fourth-order valence-electron chi connectivity index (χ4n) is 2.54. The van der Waals surface area contributed by atoms with Crippen LogP contribution in [0.5, 0.6) is 0 Å². The molecule has 0 saturated carbocycles. The highest BCUT2D eigenvalue weighted by Crippen LogP contribution is 2.23. The maximum atomic E-state index is 13.8. The van der Waals surface area contributed by atoms with E-state index in [0.29, 0.717) is 12.0 Å². The van der Waals surface area contributed by atoms with Gasteiger partial charge in [-0.3, -0.25) is 14.2 Å².